The number of benzene rings is 1. The zero-order chi connectivity index (χ0) is 13.8. The number of aromatic nitrogens is 2. The first kappa shape index (κ1) is 14.1. The molecule has 1 aromatic carbocycles. The van der Waals surface area contributed by atoms with Gasteiger partial charge in [-0.2, -0.15) is 4.98 Å². The molecular formula is C15H19ClN2O. The number of halogens is 1. The maximum atomic E-state index is 6.18. The first-order chi connectivity index (χ1) is 9.10. The predicted molar refractivity (Wildman–Crippen MR) is 76.5 cm³/mol. The summed E-state index contributed by atoms with van der Waals surface area (Å²) in [6.45, 7) is 6.30. The van der Waals surface area contributed by atoms with Crippen LogP contribution >= 0.6 is 11.6 Å². The summed E-state index contributed by atoms with van der Waals surface area (Å²) in [5, 5.41) is 3.80. The summed E-state index contributed by atoms with van der Waals surface area (Å²) in [7, 11) is 0. The van der Waals surface area contributed by atoms with E-state index in [9.17, 15) is 0 Å². The van der Waals surface area contributed by atoms with Gasteiger partial charge in [0.05, 0.1) is 11.8 Å². The Morgan fingerprint density at radius 2 is 2.05 bits per heavy atom. The quantitative estimate of drug-likeness (QED) is 0.763. The highest BCUT2D eigenvalue weighted by Crippen LogP contribution is 2.23. The average molecular weight is 279 g/mol. The van der Waals surface area contributed by atoms with E-state index in [2.05, 4.69) is 49.1 Å². The topological polar surface area (TPSA) is 38.9 Å². The van der Waals surface area contributed by atoms with E-state index in [-0.39, 0.29) is 5.38 Å². The van der Waals surface area contributed by atoms with Crippen LogP contribution in [-0.2, 0) is 6.42 Å². The Kier molecular flexibility index (Phi) is 4.59. The molecule has 0 saturated heterocycles. The molecule has 0 aliphatic rings. The van der Waals surface area contributed by atoms with Crippen LogP contribution in [0.25, 0.3) is 0 Å². The first-order valence-corrected chi connectivity index (χ1v) is 7.06. The van der Waals surface area contributed by atoms with Gasteiger partial charge in [-0.3, -0.25) is 0 Å². The average Bonchev–Trinajstić information content (AvgIpc) is 2.83. The van der Waals surface area contributed by atoms with Crippen molar-refractivity contribution in [3.63, 3.8) is 0 Å². The van der Waals surface area contributed by atoms with Crippen molar-refractivity contribution < 1.29 is 4.52 Å². The molecule has 19 heavy (non-hydrogen) atoms. The zero-order valence-electron chi connectivity index (χ0n) is 11.6. The maximum Gasteiger partial charge on any atom is 0.231 e. The summed E-state index contributed by atoms with van der Waals surface area (Å²) >= 11 is 6.18. The number of alkyl halides is 1. The van der Waals surface area contributed by atoms with E-state index in [1.807, 2.05) is 0 Å². The van der Waals surface area contributed by atoms with E-state index in [1.165, 1.54) is 16.7 Å². The molecule has 2 rings (SSSR count). The molecule has 4 heteroatoms. The van der Waals surface area contributed by atoms with Crippen molar-refractivity contribution in [2.45, 2.75) is 45.4 Å². The molecule has 3 nitrogen and oxygen atoms in total. The molecule has 0 fully saturated rings. The second kappa shape index (κ2) is 6.20. The lowest BCUT2D eigenvalue weighted by Gasteiger charge is -2.02. The summed E-state index contributed by atoms with van der Waals surface area (Å²) in [5.74, 6) is 1.22. The lowest BCUT2D eigenvalue weighted by Crippen LogP contribution is -1.94. The van der Waals surface area contributed by atoms with E-state index in [0.29, 0.717) is 18.1 Å². The van der Waals surface area contributed by atoms with E-state index in [1.54, 1.807) is 0 Å². The Morgan fingerprint density at radius 3 is 2.74 bits per heavy atom. The molecular weight excluding hydrogens is 260 g/mol. The Labute approximate surface area is 119 Å². The predicted octanol–water partition coefficient (Wildman–Crippen LogP) is 4.36. The monoisotopic (exact) mass is 278 g/mol. The summed E-state index contributed by atoms with van der Waals surface area (Å²) in [6.07, 6.45) is 2.53. The van der Waals surface area contributed by atoms with E-state index < -0.39 is 0 Å². The van der Waals surface area contributed by atoms with Crippen LogP contribution in [0.5, 0.6) is 0 Å². The minimum Gasteiger partial charge on any atom is -0.339 e. The van der Waals surface area contributed by atoms with Crippen molar-refractivity contribution >= 4 is 11.6 Å². The lowest BCUT2D eigenvalue weighted by atomic mass is 10.0. The van der Waals surface area contributed by atoms with Crippen LogP contribution in [0.1, 0.15) is 53.5 Å². The largest absolute Gasteiger partial charge is 0.339 e. The van der Waals surface area contributed by atoms with Crippen molar-refractivity contribution in [2.24, 2.45) is 0 Å². The molecule has 0 spiro atoms. The van der Waals surface area contributed by atoms with Crippen molar-refractivity contribution in [1.29, 1.82) is 0 Å². The smallest absolute Gasteiger partial charge is 0.231 e. The fraction of sp³-hybridized carbons (Fsp3) is 0.467. The Balaban J connectivity index is 2.09. The molecule has 1 atom stereocenters. The number of nitrogens with zero attached hydrogens (tertiary/aromatic N) is 2. The Bertz CT molecular complexity index is 551. The van der Waals surface area contributed by atoms with Crippen LogP contribution in [-0.4, -0.2) is 10.1 Å². The van der Waals surface area contributed by atoms with Gasteiger partial charge in [-0.05, 0) is 37.0 Å². The van der Waals surface area contributed by atoms with Gasteiger partial charge in [0.15, 0.2) is 5.82 Å². The van der Waals surface area contributed by atoms with Gasteiger partial charge in [-0.15, -0.1) is 11.6 Å². The van der Waals surface area contributed by atoms with Crippen LogP contribution in [0, 0.1) is 13.8 Å². The van der Waals surface area contributed by atoms with Crippen molar-refractivity contribution in [3.05, 3.63) is 46.6 Å². The minimum absolute atomic E-state index is 0.151. The zero-order valence-corrected chi connectivity index (χ0v) is 12.4. The second-order valence-electron chi connectivity index (χ2n) is 4.90. The molecule has 2 aromatic rings. The van der Waals surface area contributed by atoms with Crippen LogP contribution < -0.4 is 0 Å². The van der Waals surface area contributed by atoms with Crippen molar-refractivity contribution in [3.8, 4) is 0 Å². The molecule has 0 saturated carbocycles. The van der Waals surface area contributed by atoms with E-state index in [4.69, 9.17) is 16.1 Å². The third kappa shape index (κ3) is 3.57. The highest BCUT2D eigenvalue weighted by molar-refractivity contribution is 6.20. The molecule has 1 unspecified atom stereocenters. The fourth-order valence-electron chi connectivity index (χ4n) is 1.94. The number of rotatable bonds is 5. The van der Waals surface area contributed by atoms with E-state index >= 15 is 0 Å². The van der Waals surface area contributed by atoms with Gasteiger partial charge in [-0.25, -0.2) is 0 Å². The maximum absolute atomic E-state index is 6.18. The fourth-order valence-corrected chi connectivity index (χ4v) is 2.24. The van der Waals surface area contributed by atoms with Gasteiger partial charge in [0.2, 0.25) is 5.89 Å². The Hall–Kier alpha value is -1.35. The normalized spacial score (nSPS) is 12.6. The lowest BCUT2D eigenvalue weighted by molar-refractivity contribution is 0.378. The number of hydrogen-bond acceptors (Lipinski definition) is 3. The standard InChI is InChI=1S/C15H19ClN2O/c1-4-5-13(16)15-17-14(19-18-15)9-12-7-6-10(2)11(3)8-12/h6-8,13H,4-5,9H2,1-3H3. The number of hydrogen-bond donors (Lipinski definition) is 0. The molecule has 102 valence electrons. The van der Waals surface area contributed by atoms with E-state index in [0.717, 1.165) is 12.8 Å². The van der Waals surface area contributed by atoms with Crippen molar-refractivity contribution in [1.82, 2.24) is 10.1 Å². The van der Waals surface area contributed by atoms with Crippen molar-refractivity contribution in [2.75, 3.05) is 0 Å². The minimum atomic E-state index is -0.151. The third-order valence-electron chi connectivity index (χ3n) is 3.23. The van der Waals surface area contributed by atoms with Crippen LogP contribution in [0.15, 0.2) is 22.7 Å². The third-order valence-corrected chi connectivity index (χ3v) is 3.65. The summed E-state index contributed by atoms with van der Waals surface area (Å²) in [4.78, 5) is 4.37. The van der Waals surface area contributed by atoms with Gasteiger partial charge in [0.25, 0.3) is 0 Å². The Morgan fingerprint density at radius 1 is 1.26 bits per heavy atom. The molecule has 0 N–H and O–H groups in total. The summed E-state index contributed by atoms with van der Waals surface area (Å²) in [5.41, 5.74) is 3.75. The molecule has 0 radical (unpaired) electrons. The SMILES string of the molecule is CCCC(Cl)c1noc(Cc2ccc(C)c(C)c2)n1. The van der Waals surface area contributed by atoms with Gasteiger partial charge in [0.1, 0.15) is 0 Å². The van der Waals surface area contributed by atoms with Crippen LogP contribution in [0.3, 0.4) is 0 Å². The van der Waals surface area contributed by atoms with Crippen LogP contribution in [0.2, 0.25) is 0 Å². The highest BCUT2D eigenvalue weighted by atomic mass is 35.5. The first-order valence-electron chi connectivity index (χ1n) is 6.62. The summed E-state index contributed by atoms with van der Waals surface area (Å²) in [6, 6.07) is 6.36. The highest BCUT2D eigenvalue weighted by Gasteiger charge is 2.15. The molecule has 0 aliphatic carbocycles. The molecule has 0 bridgehead atoms. The molecule has 1 heterocycles. The summed E-state index contributed by atoms with van der Waals surface area (Å²) < 4.78 is 5.26. The second-order valence-corrected chi connectivity index (χ2v) is 5.42. The molecule has 1 aromatic heterocycles. The number of aryl methyl sites for hydroxylation is 2. The molecule has 0 amide bonds. The van der Waals surface area contributed by atoms with Gasteiger partial charge in [0, 0.05) is 0 Å². The van der Waals surface area contributed by atoms with Gasteiger partial charge >= 0.3 is 0 Å². The van der Waals surface area contributed by atoms with Gasteiger partial charge < -0.3 is 4.52 Å². The molecule has 0 aliphatic heterocycles. The van der Waals surface area contributed by atoms with Crippen LogP contribution in [0.4, 0.5) is 0 Å². The van der Waals surface area contributed by atoms with Gasteiger partial charge in [-0.1, -0.05) is 36.7 Å².